The molecule has 1 saturated heterocycles. The molecule has 1 amide bonds. The minimum atomic E-state index is 0.0224. The molecule has 4 aromatic heterocycles. The van der Waals surface area contributed by atoms with Gasteiger partial charge in [-0.3, -0.25) is 13.8 Å². The lowest BCUT2D eigenvalue weighted by Crippen LogP contribution is -2.38. The number of hydrogen-bond acceptors (Lipinski definition) is 5. The standard InChI is InChI=1S/C20H19N7O/c28-20(16-4-5-17(22-13-16)26-12-8-21-14-26)25-10-6-15(7-11-25)19-24-23-18-3-1-2-9-27(18)19/h1-5,8-9,12-15H,6-7,10-11H2. The van der Waals surface area contributed by atoms with Crippen molar-refractivity contribution in [1.82, 2.24) is 34.0 Å². The second-order valence-corrected chi connectivity index (χ2v) is 6.93. The second-order valence-electron chi connectivity index (χ2n) is 6.93. The summed E-state index contributed by atoms with van der Waals surface area (Å²) in [7, 11) is 0. The molecule has 28 heavy (non-hydrogen) atoms. The van der Waals surface area contributed by atoms with E-state index in [2.05, 4.69) is 20.2 Å². The first-order valence-corrected chi connectivity index (χ1v) is 9.33. The molecule has 0 spiro atoms. The minimum Gasteiger partial charge on any atom is -0.339 e. The minimum absolute atomic E-state index is 0.0224. The summed E-state index contributed by atoms with van der Waals surface area (Å²) < 4.78 is 3.85. The van der Waals surface area contributed by atoms with Gasteiger partial charge in [0.25, 0.3) is 5.91 Å². The third-order valence-electron chi connectivity index (χ3n) is 5.25. The van der Waals surface area contributed by atoms with E-state index in [0.717, 1.165) is 30.1 Å². The number of piperidine rings is 1. The van der Waals surface area contributed by atoms with Gasteiger partial charge < -0.3 is 4.90 Å². The highest BCUT2D eigenvalue weighted by atomic mass is 16.2. The van der Waals surface area contributed by atoms with E-state index in [9.17, 15) is 4.79 Å². The van der Waals surface area contributed by atoms with Gasteiger partial charge in [-0.25, -0.2) is 9.97 Å². The number of rotatable bonds is 3. The number of fused-ring (bicyclic) bond motifs is 1. The van der Waals surface area contributed by atoms with Crippen molar-refractivity contribution in [2.75, 3.05) is 13.1 Å². The Labute approximate surface area is 161 Å². The summed E-state index contributed by atoms with van der Waals surface area (Å²) in [4.78, 5) is 23.1. The summed E-state index contributed by atoms with van der Waals surface area (Å²) in [6, 6.07) is 9.56. The fourth-order valence-electron chi connectivity index (χ4n) is 3.72. The highest BCUT2D eigenvalue weighted by Crippen LogP contribution is 2.27. The Kier molecular flexibility index (Phi) is 4.08. The number of pyridine rings is 2. The lowest BCUT2D eigenvalue weighted by Gasteiger charge is -2.31. The van der Waals surface area contributed by atoms with Crippen molar-refractivity contribution in [1.29, 1.82) is 0 Å². The van der Waals surface area contributed by atoms with Crippen LogP contribution in [-0.2, 0) is 0 Å². The summed E-state index contributed by atoms with van der Waals surface area (Å²) >= 11 is 0. The van der Waals surface area contributed by atoms with Crippen LogP contribution in [0, 0.1) is 0 Å². The van der Waals surface area contributed by atoms with Crippen LogP contribution in [0.1, 0.15) is 34.9 Å². The van der Waals surface area contributed by atoms with Gasteiger partial charge in [0.15, 0.2) is 5.65 Å². The fourth-order valence-corrected chi connectivity index (χ4v) is 3.72. The zero-order valence-corrected chi connectivity index (χ0v) is 15.2. The van der Waals surface area contributed by atoms with Crippen LogP contribution in [0.2, 0.25) is 0 Å². The molecule has 5 rings (SSSR count). The van der Waals surface area contributed by atoms with Crippen LogP contribution in [0.5, 0.6) is 0 Å². The Balaban J connectivity index is 1.27. The molecular formula is C20H19N7O. The van der Waals surface area contributed by atoms with Gasteiger partial charge in [-0.2, -0.15) is 0 Å². The zero-order chi connectivity index (χ0) is 18.9. The van der Waals surface area contributed by atoms with Crippen LogP contribution in [0.4, 0.5) is 0 Å². The number of carbonyl (C=O) groups is 1. The van der Waals surface area contributed by atoms with Gasteiger partial charge in [-0.05, 0) is 37.1 Å². The number of likely N-dealkylation sites (tertiary alicyclic amines) is 1. The van der Waals surface area contributed by atoms with Crippen LogP contribution in [0.3, 0.4) is 0 Å². The van der Waals surface area contributed by atoms with E-state index in [1.807, 2.05) is 56.6 Å². The molecule has 0 N–H and O–H groups in total. The molecule has 5 heterocycles. The molecule has 8 heteroatoms. The Bertz CT molecular complexity index is 1090. The van der Waals surface area contributed by atoms with E-state index in [1.54, 1.807) is 18.7 Å². The number of imidazole rings is 1. The fraction of sp³-hybridized carbons (Fsp3) is 0.250. The SMILES string of the molecule is O=C(c1ccc(-n2ccnc2)nc1)N1CCC(c2nnc3ccccn23)CC1. The normalized spacial score (nSPS) is 15.2. The lowest BCUT2D eigenvalue weighted by atomic mass is 9.95. The van der Waals surface area contributed by atoms with Gasteiger partial charge in [-0.1, -0.05) is 6.07 Å². The molecule has 0 bridgehead atoms. The maximum Gasteiger partial charge on any atom is 0.255 e. The highest BCUT2D eigenvalue weighted by molar-refractivity contribution is 5.94. The molecule has 1 aliphatic heterocycles. The average molecular weight is 373 g/mol. The van der Waals surface area contributed by atoms with Crippen LogP contribution in [-0.4, -0.2) is 53.0 Å². The smallest absolute Gasteiger partial charge is 0.255 e. The van der Waals surface area contributed by atoms with Crippen molar-refractivity contribution in [2.24, 2.45) is 0 Å². The number of nitrogens with zero attached hydrogens (tertiary/aromatic N) is 7. The first kappa shape index (κ1) is 16.6. The van der Waals surface area contributed by atoms with E-state index in [4.69, 9.17) is 0 Å². The largest absolute Gasteiger partial charge is 0.339 e. The average Bonchev–Trinajstić information content (AvgIpc) is 3.44. The molecule has 0 radical (unpaired) electrons. The second kappa shape index (κ2) is 6.88. The first-order valence-electron chi connectivity index (χ1n) is 9.33. The van der Waals surface area contributed by atoms with Gasteiger partial charge in [0.05, 0.1) is 5.56 Å². The van der Waals surface area contributed by atoms with Gasteiger partial charge in [0, 0.05) is 43.8 Å². The maximum absolute atomic E-state index is 12.8. The lowest BCUT2D eigenvalue weighted by molar-refractivity contribution is 0.0710. The first-order chi connectivity index (χ1) is 13.8. The van der Waals surface area contributed by atoms with E-state index in [-0.39, 0.29) is 5.91 Å². The van der Waals surface area contributed by atoms with Gasteiger partial charge in [0.1, 0.15) is 18.0 Å². The molecule has 140 valence electrons. The molecular weight excluding hydrogens is 354 g/mol. The Morgan fingerprint density at radius 2 is 1.93 bits per heavy atom. The molecule has 1 fully saturated rings. The number of hydrogen-bond donors (Lipinski definition) is 0. The number of amides is 1. The summed E-state index contributed by atoms with van der Waals surface area (Å²) in [5, 5.41) is 8.62. The quantitative estimate of drug-likeness (QED) is 0.551. The molecule has 0 aliphatic carbocycles. The summed E-state index contributed by atoms with van der Waals surface area (Å²) in [5.41, 5.74) is 1.47. The Morgan fingerprint density at radius 3 is 2.68 bits per heavy atom. The maximum atomic E-state index is 12.8. The van der Waals surface area contributed by atoms with Crippen molar-refractivity contribution in [3.05, 3.63) is 72.8 Å². The topological polar surface area (TPSA) is 81.2 Å². The van der Waals surface area contributed by atoms with E-state index in [0.29, 0.717) is 24.6 Å². The van der Waals surface area contributed by atoms with Crippen LogP contribution >= 0.6 is 0 Å². The van der Waals surface area contributed by atoms with Crippen LogP contribution in [0.15, 0.2) is 61.4 Å². The molecule has 0 atom stereocenters. The van der Waals surface area contributed by atoms with Crippen molar-refractivity contribution in [3.63, 3.8) is 0 Å². The molecule has 8 nitrogen and oxygen atoms in total. The van der Waals surface area contributed by atoms with E-state index >= 15 is 0 Å². The van der Waals surface area contributed by atoms with Crippen LogP contribution < -0.4 is 0 Å². The van der Waals surface area contributed by atoms with Gasteiger partial charge >= 0.3 is 0 Å². The van der Waals surface area contributed by atoms with Crippen molar-refractivity contribution < 1.29 is 4.79 Å². The number of aromatic nitrogens is 6. The van der Waals surface area contributed by atoms with Crippen molar-refractivity contribution in [2.45, 2.75) is 18.8 Å². The summed E-state index contributed by atoms with van der Waals surface area (Å²) in [5.74, 6) is 2.05. The Hall–Kier alpha value is -3.55. The number of carbonyl (C=O) groups excluding carboxylic acids is 1. The molecule has 1 aliphatic rings. The molecule has 0 aromatic carbocycles. The zero-order valence-electron chi connectivity index (χ0n) is 15.2. The molecule has 0 unspecified atom stereocenters. The predicted octanol–water partition coefficient (Wildman–Crippen LogP) is 2.33. The summed E-state index contributed by atoms with van der Waals surface area (Å²) in [6.07, 6.45) is 10.6. The van der Waals surface area contributed by atoms with Gasteiger partial charge in [0.2, 0.25) is 0 Å². The summed E-state index contributed by atoms with van der Waals surface area (Å²) in [6.45, 7) is 1.41. The van der Waals surface area contributed by atoms with Crippen molar-refractivity contribution >= 4 is 11.6 Å². The van der Waals surface area contributed by atoms with Gasteiger partial charge in [-0.15, -0.1) is 10.2 Å². The molecule has 4 aromatic rings. The third kappa shape index (κ3) is 2.92. The predicted molar refractivity (Wildman–Crippen MR) is 102 cm³/mol. The Morgan fingerprint density at radius 1 is 1.04 bits per heavy atom. The monoisotopic (exact) mass is 373 g/mol. The van der Waals surface area contributed by atoms with Crippen molar-refractivity contribution in [3.8, 4) is 5.82 Å². The van der Waals surface area contributed by atoms with E-state index in [1.165, 1.54) is 0 Å². The third-order valence-corrected chi connectivity index (χ3v) is 5.25. The molecule has 0 saturated carbocycles. The van der Waals surface area contributed by atoms with Crippen LogP contribution in [0.25, 0.3) is 11.5 Å². The van der Waals surface area contributed by atoms with E-state index < -0.39 is 0 Å². The highest BCUT2D eigenvalue weighted by Gasteiger charge is 2.27.